The van der Waals surface area contributed by atoms with Gasteiger partial charge in [0, 0.05) is 7.11 Å². The lowest BCUT2D eigenvalue weighted by Crippen LogP contribution is -2.75. The third-order valence-corrected chi connectivity index (χ3v) is 5.09. The smallest absolute Gasteiger partial charge is 0.319 e. The second kappa shape index (κ2) is 12.7. The Morgan fingerprint density at radius 1 is 0.340 bits per heavy atom. The van der Waals surface area contributed by atoms with Gasteiger partial charge < -0.3 is 9.47 Å². The molecule has 0 unspecified atom stereocenters. The summed E-state index contributed by atoms with van der Waals surface area (Å²) >= 11 is 0. The predicted molar refractivity (Wildman–Crippen MR) is 89.8 cm³/mol. The molecule has 0 aliphatic rings. The predicted octanol–water partition coefficient (Wildman–Crippen LogP) is 10.1. The summed E-state index contributed by atoms with van der Waals surface area (Å²) in [6, 6.07) is 0. The van der Waals surface area contributed by atoms with E-state index in [4.69, 9.17) is 0 Å². The molecule has 30 heteroatoms. The van der Waals surface area contributed by atoms with Crippen LogP contribution in [0.3, 0.4) is 0 Å². The number of rotatable bonds is 11. The molecule has 0 saturated heterocycles. The molecule has 0 bridgehead atoms. The van der Waals surface area contributed by atoms with Crippen molar-refractivity contribution in [3.63, 3.8) is 0 Å². The molecular formula is C17H10F28O2. The van der Waals surface area contributed by atoms with Gasteiger partial charge in [-0.1, -0.05) is 6.92 Å². The van der Waals surface area contributed by atoms with Crippen LogP contribution in [0, 0.1) is 0 Å². The molecule has 2 nitrogen and oxygen atoms in total. The zero-order chi connectivity index (χ0) is 39.3. The van der Waals surface area contributed by atoms with Crippen LogP contribution in [-0.2, 0) is 9.47 Å². The van der Waals surface area contributed by atoms with Gasteiger partial charge in [-0.3, -0.25) is 0 Å². The maximum absolute atomic E-state index is 13.1. The van der Waals surface area contributed by atoms with Crippen LogP contribution < -0.4 is 0 Å². The van der Waals surface area contributed by atoms with Crippen molar-refractivity contribution in [2.24, 2.45) is 0 Å². The topological polar surface area (TPSA) is 18.5 Å². The van der Waals surface area contributed by atoms with Crippen LogP contribution in [0.1, 0.15) is 13.3 Å². The zero-order valence-corrected chi connectivity index (χ0v) is 21.3. The van der Waals surface area contributed by atoms with E-state index in [-0.39, 0.29) is 0 Å². The van der Waals surface area contributed by atoms with E-state index < -0.39 is 98.0 Å². The van der Waals surface area contributed by atoms with Crippen LogP contribution in [0.25, 0.3) is 0 Å². The summed E-state index contributed by atoms with van der Waals surface area (Å²) in [5, 5.41) is 0. The number of alkyl halides is 28. The molecule has 0 spiro atoms. The first kappa shape index (κ1) is 47.1. The maximum Gasteiger partial charge on any atom is 0.438 e. The highest BCUT2D eigenvalue weighted by atomic mass is 19.4. The van der Waals surface area contributed by atoms with Crippen LogP contribution >= 0.6 is 0 Å². The molecule has 0 aliphatic carbocycles. The van der Waals surface area contributed by atoms with Gasteiger partial charge in [0.25, 0.3) is 0 Å². The van der Waals surface area contributed by atoms with Gasteiger partial charge in [0.2, 0.25) is 0 Å². The van der Waals surface area contributed by atoms with Crippen molar-refractivity contribution >= 4 is 0 Å². The zero-order valence-electron chi connectivity index (χ0n) is 21.3. The van der Waals surface area contributed by atoms with Gasteiger partial charge in [0.1, 0.15) is 0 Å². The Balaban J connectivity index is 0. The van der Waals surface area contributed by atoms with Crippen LogP contribution in [0.5, 0.6) is 0 Å². The van der Waals surface area contributed by atoms with E-state index in [0.717, 1.165) is 6.92 Å². The third kappa shape index (κ3) is 7.03. The summed E-state index contributed by atoms with van der Waals surface area (Å²) in [5.74, 6) is -39.6. The minimum absolute atomic E-state index is 0.502. The Morgan fingerprint density at radius 2 is 0.574 bits per heavy atom. The highest BCUT2D eigenvalue weighted by Gasteiger charge is 2.96. The summed E-state index contributed by atoms with van der Waals surface area (Å²) in [6.45, 7) is -0.437. The van der Waals surface area contributed by atoms with Gasteiger partial charge in [0.15, 0.2) is 0 Å². The molecule has 0 rings (SSSR count). The summed E-state index contributed by atoms with van der Waals surface area (Å²) in [6.07, 6.45) is -44.9. The number of hydrogen-bond donors (Lipinski definition) is 0. The maximum atomic E-state index is 13.1. The molecule has 0 fully saturated rings. The fourth-order valence-electron chi connectivity index (χ4n) is 2.48. The van der Waals surface area contributed by atoms with Crippen LogP contribution in [0.15, 0.2) is 0 Å². The lowest BCUT2D eigenvalue weighted by molar-refractivity contribution is -0.474. The molecule has 0 amide bonds. The summed E-state index contributed by atoms with van der Waals surface area (Å²) in [7, 11) is -0.502. The van der Waals surface area contributed by atoms with Crippen LogP contribution in [-0.4, -0.2) is 91.6 Å². The number of methoxy groups -OCH3 is 1. The van der Waals surface area contributed by atoms with Crippen molar-refractivity contribution in [1.29, 1.82) is 0 Å². The standard InChI is InChI=1S/C9H7F13O.C8H3F15O/c1-2-3-23-9(21,22)6(13,14)5(11,12)4(10,7(15,16)17)8(18,19)20;1-24-8(22,23)5(14,15)4(12,13)3(10,11)2(9,6(16,17)18)7(19,20)21/h2-3H2,1H3;1H3. The fourth-order valence-corrected chi connectivity index (χ4v) is 2.48. The highest BCUT2D eigenvalue weighted by molar-refractivity contribution is 5.16. The Bertz CT molecular complexity index is 1000. The summed E-state index contributed by atoms with van der Waals surface area (Å²) < 4.78 is 356. The lowest BCUT2D eigenvalue weighted by atomic mass is 9.87. The van der Waals surface area contributed by atoms with Gasteiger partial charge in [-0.25, -0.2) is 8.78 Å². The summed E-state index contributed by atoms with van der Waals surface area (Å²) in [4.78, 5) is 0. The van der Waals surface area contributed by atoms with Gasteiger partial charge in [-0.2, -0.15) is 114 Å². The van der Waals surface area contributed by atoms with E-state index in [1.54, 1.807) is 0 Å². The Hall–Kier alpha value is -2.04. The molecule has 0 heterocycles. The first-order chi connectivity index (χ1) is 19.9. The van der Waals surface area contributed by atoms with Crippen molar-refractivity contribution in [2.45, 2.75) is 91.2 Å². The van der Waals surface area contributed by atoms with Crippen molar-refractivity contribution in [1.82, 2.24) is 0 Å². The molecule has 47 heavy (non-hydrogen) atoms. The SMILES string of the molecule is CCCOC(F)(F)C(F)(F)C(F)(F)C(F)(C(F)(F)F)C(F)(F)F.COC(F)(F)C(F)(F)C(F)(F)C(F)(F)C(F)(C(F)(F)F)C(F)(F)F. The molecule has 0 N–H and O–H groups in total. The van der Waals surface area contributed by atoms with E-state index in [9.17, 15) is 123 Å². The second-order valence-corrected chi connectivity index (χ2v) is 8.27. The van der Waals surface area contributed by atoms with Gasteiger partial charge >= 0.3 is 77.9 Å². The highest BCUT2D eigenvalue weighted by Crippen LogP contribution is 2.64. The second-order valence-electron chi connectivity index (χ2n) is 8.27. The quantitative estimate of drug-likeness (QED) is 0.195. The molecule has 0 aromatic carbocycles. The Morgan fingerprint density at radius 3 is 0.787 bits per heavy atom. The molecule has 0 aromatic heterocycles. The van der Waals surface area contributed by atoms with Gasteiger partial charge in [0.05, 0.1) is 6.61 Å². The normalized spacial score (nSPS) is 16.2. The van der Waals surface area contributed by atoms with Crippen molar-refractivity contribution < 1.29 is 132 Å². The largest absolute Gasteiger partial charge is 0.438 e. The third-order valence-electron chi connectivity index (χ3n) is 5.09. The first-order valence-corrected chi connectivity index (χ1v) is 10.4. The fraction of sp³-hybridized carbons (Fsp3) is 1.00. The average Bonchev–Trinajstić information content (AvgIpc) is 2.83. The van der Waals surface area contributed by atoms with E-state index in [2.05, 4.69) is 9.47 Å². The average molecular weight is 778 g/mol. The van der Waals surface area contributed by atoms with E-state index in [1.165, 1.54) is 0 Å². The number of ether oxygens (including phenoxy) is 2. The van der Waals surface area contributed by atoms with Crippen molar-refractivity contribution in [3.8, 4) is 0 Å². The molecule has 0 aromatic rings. The van der Waals surface area contributed by atoms with E-state index in [1.807, 2.05) is 0 Å². The van der Waals surface area contributed by atoms with E-state index in [0.29, 0.717) is 0 Å². The van der Waals surface area contributed by atoms with Crippen LogP contribution in [0.4, 0.5) is 123 Å². The molecule has 0 aliphatic heterocycles. The molecule has 0 atom stereocenters. The van der Waals surface area contributed by atoms with Crippen molar-refractivity contribution in [2.75, 3.05) is 13.7 Å². The van der Waals surface area contributed by atoms with Crippen molar-refractivity contribution in [3.05, 3.63) is 0 Å². The Labute approximate surface area is 238 Å². The molecule has 0 saturated carbocycles. The molecular weight excluding hydrogens is 768 g/mol. The lowest BCUT2D eigenvalue weighted by Gasteiger charge is -2.42. The number of hydrogen-bond acceptors (Lipinski definition) is 2. The minimum atomic E-state index is -8.40. The molecule has 286 valence electrons. The Kier molecular flexibility index (Phi) is 12.7. The minimum Gasteiger partial charge on any atom is -0.319 e. The monoisotopic (exact) mass is 778 g/mol. The molecule has 0 radical (unpaired) electrons. The van der Waals surface area contributed by atoms with Gasteiger partial charge in [-0.15, -0.1) is 0 Å². The first-order valence-electron chi connectivity index (χ1n) is 10.4. The van der Waals surface area contributed by atoms with Gasteiger partial charge in [-0.05, 0) is 6.42 Å². The summed E-state index contributed by atoms with van der Waals surface area (Å²) in [5.41, 5.74) is -16.2. The number of halogens is 28. The van der Waals surface area contributed by atoms with Crippen LogP contribution in [0.2, 0.25) is 0 Å². The van der Waals surface area contributed by atoms with E-state index >= 15 is 0 Å².